The summed E-state index contributed by atoms with van der Waals surface area (Å²) in [5.74, 6) is 0.512. The van der Waals surface area contributed by atoms with Gasteiger partial charge >= 0.3 is 0 Å². The van der Waals surface area contributed by atoms with Crippen LogP contribution in [0.1, 0.15) is 131 Å². The van der Waals surface area contributed by atoms with E-state index in [4.69, 9.17) is 0 Å². The van der Waals surface area contributed by atoms with E-state index in [-0.39, 0.29) is 5.78 Å². The van der Waals surface area contributed by atoms with Gasteiger partial charge in [-0.3, -0.25) is 9.59 Å². The summed E-state index contributed by atoms with van der Waals surface area (Å²) >= 11 is 0. The fourth-order valence-electron chi connectivity index (χ4n) is 7.20. The van der Waals surface area contributed by atoms with E-state index in [1.54, 1.807) is 6.92 Å². The molecule has 0 unspecified atom stereocenters. The largest absolute Gasteiger partial charge is 0.300 e. The molecule has 57 heavy (non-hydrogen) atoms. The van der Waals surface area contributed by atoms with Crippen molar-refractivity contribution in [2.45, 2.75) is 123 Å². The number of hydrogen-bond donors (Lipinski definition) is 0. The molecule has 0 fully saturated rings. The Hall–Kier alpha value is -5.22. The van der Waals surface area contributed by atoms with Gasteiger partial charge in [-0.2, -0.15) is 0 Å². The lowest BCUT2D eigenvalue weighted by Crippen LogP contribution is -2.33. The summed E-state index contributed by atoms with van der Waals surface area (Å²) in [6.07, 6.45) is 33.9. The summed E-state index contributed by atoms with van der Waals surface area (Å²) in [5, 5.41) is 0. The first-order valence-corrected chi connectivity index (χ1v) is 21.6. The van der Waals surface area contributed by atoms with E-state index in [0.717, 1.165) is 59.3 Å². The maximum Gasteiger partial charge on any atom is 0.169 e. The zero-order valence-corrected chi connectivity index (χ0v) is 34.6. The molecule has 0 atom stereocenters. The van der Waals surface area contributed by atoms with Gasteiger partial charge in [0.15, 0.2) is 24.8 Å². The van der Waals surface area contributed by atoms with Crippen molar-refractivity contribution in [2.75, 3.05) is 0 Å². The molecule has 0 amide bonds. The standard InChI is InChI=1S/C53H64N2O2/c1-3-4-5-6-10-13-36-54-38-32-51(33-39-54)52-34-40-55(41-35-52)37-14-11-8-7-9-12-15-53(57)43-50-30-26-48(27-31-50)23-21-46-18-16-45(17-19-46)20-22-47-24-28-49(29-25-47)42-44(2)56/h16-35,38-41H,3-15,36-37,42-43H2,1-2H3/q+2/b22-20+,23-21+. The zero-order chi connectivity index (χ0) is 39.9. The SMILES string of the molecule is CCCCCCCC[n+]1ccc(-c2cc[n+](CCCCCCCCC(=O)Cc3ccc(/C=C/c4ccc(/C=C/c5ccc(CC(C)=O)cc5)cc4)cc3)cc2)cc1. The van der Waals surface area contributed by atoms with Crippen LogP contribution in [0.2, 0.25) is 0 Å². The Morgan fingerprint density at radius 3 is 1.19 bits per heavy atom. The van der Waals surface area contributed by atoms with Crippen molar-refractivity contribution in [3.63, 3.8) is 0 Å². The summed E-state index contributed by atoms with van der Waals surface area (Å²) in [6, 6.07) is 33.9. The molecule has 4 heteroatoms. The highest BCUT2D eigenvalue weighted by molar-refractivity contribution is 5.81. The minimum atomic E-state index is 0.179. The van der Waals surface area contributed by atoms with Crippen molar-refractivity contribution < 1.29 is 18.7 Å². The first-order chi connectivity index (χ1) is 27.9. The van der Waals surface area contributed by atoms with Crippen molar-refractivity contribution >= 4 is 35.9 Å². The van der Waals surface area contributed by atoms with Gasteiger partial charge in [0.1, 0.15) is 24.7 Å². The normalized spacial score (nSPS) is 11.5. The third-order valence-corrected chi connectivity index (χ3v) is 10.7. The number of carbonyl (C=O) groups excluding carboxylic acids is 2. The number of aryl methyl sites for hydroxylation is 2. The van der Waals surface area contributed by atoms with Crippen LogP contribution in [0.5, 0.6) is 0 Å². The number of Topliss-reactive ketones (excluding diaryl/α,β-unsaturated/α-hetero) is 2. The third-order valence-electron chi connectivity index (χ3n) is 10.7. The van der Waals surface area contributed by atoms with Crippen LogP contribution >= 0.6 is 0 Å². The molecular weight excluding hydrogens is 697 g/mol. The van der Waals surface area contributed by atoms with Gasteiger partial charge in [0.2, 0.25) is 0 Å². The summed E-state index contributed by atoms with van der Waals surface area (Å²) in [6.45, 7) is 6.05. The van der Waals surface area contributed by atoms with Crippen molar-refractivity contribution in [3.8, 4) is 11.1 Å². The second kappa shape index (κ2) is 24.4. The van der Waals surface area contributed by atoms with Crippen LogP contribution in [0.3, 0.4) is 0 Å². The number of nitrogens with zero attached hydrogens (tertiary/aromatic N) is 2. The second-order valence-electron chi connectivity index (χ2n) is 15.7. The second-order valence-corrected chi connectivity index (χ2v) is 15.7. The molecule has 0 aliphatic carbocycles. The topological polar surface area (TPSA) is 41.9 Å². The van der Waals surface area contributed by atoms with Crippen LogP contribution in [-0.4, -0.2) is 11.6 Å². The highest BCUT2D eigenvalue weighted by atomic mass is 16.1. The summed E-state index contributed by atoms with van der Waals surface area (Å²) in [4.78, 5) is 24.0. The number of ketones is 2. The highest BCUT2D eigenvalue weighted by Crippen LogP contribution is 2.18. The number of rotatable bonds is 25. The Bertz CT molecular complexity index is 1970. The molecule has 0 N–H and O–H groups in total. The molecule has 2 aromatic heterocycles. The molecule has 0 bridgehead atoms. The van der Waals surface area contributed by atoms with E-state index in [0.29, 0.717) is 25.0 Å². The minimum absolute atomic E-state index is 0.179. The van der Waals surface area contributed by atoms with E-state index in [1.165, 1.54) is 75.3 Å². The summed E-state index contributed by atoms with van der Waals surface area (Å²) in [7, 11) is 0. The quantitative estimate of drug-likeness (QED) is 0.0338. The van der Waals surface area contributed by atoms with Gasteiger partial charge in [-0.25, -0.2) is 9.13 Å². The van der Waals surface area contributed by atoms with Gasteiger partial charge in [0, 0.05) is 56.4 Å². The number of hydrogen-bond acceptors (Lipinski definition) is 2. The molecule has 0 aliphatic rings. The van der Waals surface area contributed by atoms with E-state index < -0.39 is 0 Å². The van der Waals surface area contributed by atoms with Gasteiger partial charge < -0.3 is 0 Å². The van der Waals surface area contributed by atoms with Gasteiger partial charge in [0.05, 0.1) is 0 Å². The van der Waals surface area contributed by atoms with Crippen LogP contribution in [0, 0.1) is 0 Å². The predicted octanol–water partition coefficient (Wildman–Crippen LogP) is 12.3. The molecule has 4 nitrogen and oxygen atoms in total. The van der Waals surface area contributed by atoms with E-state index in [1.807, 2.05) is 24.3 Å². The van der Waals surface area contributed by atoms with Crippen molar-refractivity contribution in [1.29, 1.82) is 0 Å². The lowest BCUT2D eigenvalue weighted by atomic mass is 10.0. The highest BCUT2D eigenvalue weighted by Gasteiger charge is 2.07. The maximum atomic E-state index is 12.7. The fraction of sp³-hybridized carbons (Fsp3) is 0.358. The van der Waals surface area contributed by atoms with Gasteiger partial charge in [-0.15, -0.1) is 0 Å². The van der Waals surface area contributed by atoms with Gasteiger partial charge in [0.25, 0.3) is 0 Å². The fourth-order valence-corrected chi connectivity index (χ4v) is 7.20. The van der Waals surface area contributed by atoms with Crippen molar-refractivity contribution in [3.05, 3.63) is 155 Å². The molecule has 5 rings (SSSR count). The van der Waals surface area contributed by atoms with Crippen LogP contribution < -0.4 is 9.13 Å². The maximum absolute atomic E-state index is 12.7. The molecular formula is C53H64N2O2+2. The van der Waals surface area contributed by atoms with Crippen LogP contribution in [0.25, 0.3) is 35.4 Å². The number of aromatic nitrogens is 2. The molecule has 5 aromatic rings. The Kier molecular flexibility index (Phi) is 18.4. The molecule has 0 radical (unpaired) electrons. The minimum Gasteiger partial charge on any atom is -0.300 e. The predicted molar refractivity (Wildman–Crippen MR) is 238 cm³/mol. The summed E-state index contributed by atoms with van der Waals surface area (Å²) < 4.78 is 4.61. The van der Waals surface area contributed by atoms with E-state index in [9.17, 15) is 9.59 Å². The van der Waals surface area contributed by atoms with Gasteiger partial charge in [-0.1, -0.05) is 149 Å². The molecule has 296 valence electrons. The molecule has 0 aliphatic heterocycles. The number of unbranched alkanes of at least 4 members (excludes halogenated alkanes) is 10. The van der Waals surface area contributed by atoms with Crippen molar-refractivity contribution in [2.24, 2.45) is 0 Å². The molecule has 0 saturated heterocycles. The Morgan fingerprint density at radius 1 is 0.439 bits per heavy atom. The molecule has 2 heterocycles. The average Bonchev–Trinajstić information content (AvgIpc) is 3.23. The summed E-state index contributed by atoms with van der Waals surface area (Å²) in [5.41, 5.74) is 9.19. The number of pyridine rings is 2. The molecule has 3 aromatic carbocycles. The van der Waals surface area contributed by atoms with Gasteiger partial charge in [-0.05, 0) is 70.7 Å². The lowest BCUT2D eigenvalue weighted by Gasteiger charge is -2.04. The first kappa shape index (κ1) is 42.9. The van der Waals surface area contributed by atoms with Crippen LogP contribution in [0.15, 0.2) is 122 Å². The van der Waals surface area contributed by atoms with E-state index >= 15 is 0 Å². The molecule has 0 saturated carbocycles. The van der Waals surface area contributed by atoms with Crippen molar-refractivity contribution in [1.82, 2.24) is 0 Å². The first-order valence-electron chi connectivity index (χ1n) is 21.6. The van der Waals surface area contributed by atoms with E-state index in [2.05, 4.69) is 138 Å². The third kappa shape index (κ3) is 16.4. The lowest BCUT2D eigenvalue weighted by molar-refractivity contribution is -0.697. The zero-order valence-electron chi connectivity index (χ0n) is 34.6. The number of benzene rings is 3. The van der Waals surface area contributed by atoms with Crippen LogP contribution in [0.4, 0.5) is 0 Å². The monoisotopic (exact) mass is 760 g/mol. The Morgan fingerprint density at radius 2 is 0.789 bits per heavy atom. The average molecular weight is 761 g/mol. The Balaban J connectivity index is 0.903. The van der Waals surface area contributed by atoms with Crippen LogP contribution in [-0.2, 0) is 35.5 Å². The number of carbonyl (C=O) groups is 2. The Labute approximate surface area is 343 Å². The molecule has 0 spiro atoms. The smallest absolute Gasteiger partial charge is 0.169 e.